The van der Waals surface area contributed by atoms with Gasteiger partial charge in [-0.2, -0.15) is 11.8 Å². The Morgan fingerprint density at radius 3 is 2.53 bits per heavy atom. The lowest BCUT2D eigenvalue weighted by Gasteiger charge is -2.04. The van der Waals surface area contributed by atoms with Crippen molar-refractivity contribution >= 4 is 19.6 Å². The fourth-order valence-electron chi connectivity index (χ4n) is 0.932. The fraction of sp³-hybridized carbons (Fsp3) is 1.00. The van der Waals surface area contributed by atoms with Gasteiger partial charge in [-0.25, -0.2) is 9.45 Å². The summed E-state index contributed by atoms with van der Waals surface area (Å²) in [5, 5.41) is 0. The summed E-state index contributed by atoms with van der Waals surface area (Å²) >= 11 is 1.70. The van der Waals surface area contributed by atoms with Gasteiger partial charge < -0.3 is 9.79 Å². The van der Waals surface area contributed by atoms with Gasteiger partial charge in [-0.15, -0.1) is 4.67 Å². The molecule has 0 aromatic rings. The quantitative estimate of drug-likeness (QED) is 0.271. The van der Waals surface area contributed by atoms with Crippen molar-refractivity contribution in [3.8, 4) is 0 Å². The summed E-state index contributed by atoms with van der Waals surface area (Å²) in [7, 11) is -4.47. The highest BCUT2D eigenvalue weighted by Gasteiger charge is 2.14. The van der Waals surface area contributed by atoms with Crippen LogP contribution in [0, 0.1) is 0 Å². The standard InChI is InChI=1S/C8H19O5PS/c1-2-3-4-5-7-15-8-6-12-13-14(9,10)11/h2-8H2,1H3,(H2,9,10,11). The maximum atomic E-state index is 10.2. The van der Waals surface area contributed by atoms with Crippen LogP contribution in [0.15, 0.2) is 0 Å². The van der Waals surface area contributed by atoms with Gasteiger partial charge in [0.25, 0.3) is 0 Å². The molecule has 0 amide bonds. The third kappa shape index (κ3) is 14.4. The van der Waals surface area contributed by atoms with Crippen molar-refractivity contribution in [1.29, 1.82) is 0 Å². The molecule has 0 bridgehead atoms. The molecule has 0 saturated heterocycles. The lowest BCUT2D eigenvalue weighted by molar-refractivity contribution is -0.216. The monoisotopic (exact) mass is 258 g/mol. The van der Waals surface area contributed by atoms with Crippen LogP contribution in [-0.4, -0.2) is 27.9 Å². The van der Waals surface area contributed by atoms with Crippen molar-refractivity contribution in [2.24, 2.45) is 0 Å². The summed E-state index contributed by atoms with van der Waals surface area (Å²) in [5.74, 6) is 1.74. The highest BCUT2D eigenvalue weighted by molar-refractivity contribution is 7.99. The van der Waals surface area contributed by atoms with Gasteiger partial charge in [-0.05, 0) is 12.2 Å². The molecule has 0 unspecified atom stereocenters. The molecule has 0 radical (unpaired) electrons. The van der Waals surface area contributed by atoms with Gasteiger partial charge in [0.2, 0.25) is 0 Å². The normalized spacial score (nSPS) is 11.9. The summed E-state index contributed by atoms with van der Waals surface area (Å²) in [6.07, 6.45) is 4.91. The summed E-state index contributed by atoms with van der Waals surface area (Å²) in [6, 6.07) is 0. The first kappa shape index (κ1) is 15.4. The molecule has 0 saturated carbocycles. The molecule has 0 spiro atoms. The molecule has 0 aliphatic carbocycles. The topological polar surface area (TPSA) is 76.0 Å². The molecule has 0 fully saturated rings. The second kappa shape index (κ2) is 9.63. The smallest absolute Gasteiger partial charge is 0.301 e. The minimum atomic E-state index is -4.47. The fourth-order valence-corrected chi connectivity index (χ4v) is 1.94. The van der Waals surface area contributed by atoms with Gasteiger partial charge in [0.15, 0.2) is 0 Å². The van der Waals surface area contributed by atoms with E-state index < -0.39 is 7.82 Å². The molecular weight excluding hydrogens is 239 g/mol. The van der Waals surface area contributed by atoms with Gasteiger partial charge in [0.1, 0.15) is 0 Å². The van der Waals surface area contributed by atoms with Gasteiger partial charge >= 0.3 is 7.82 Å². The van der Waals surface area contributed by atoms with Crippen LogP contribution in [0.2, 0.25) is 0 Å². The van der Waals surface area contributed by atoms with Gasteiger partial charge in [0.05, 0.1) is 6.61 Å². The van der Waals surface area contributed by atoms with E-state index in [4.69, 9.17) is 9.79 Å². The predicted octanol–water partition coefficient (Wildman–Crippen LogP) is 2.34. The minimum Gasteiger partial charge on any atom is -0.301 e. The van der Waals surface area contributed by atoms with Crippen LogP contribution < -0.4 is 0 Å². The number of hydrogen-bond donors (Lipinski definition) is 2. The van der Waals surface area contributed by atoms with Gasteiger partial charge in [0, 0.05) is 5.75 Å². The van der Waals surface area contributed by atoms with E-state index in [0.717, 1.165) is 5.75 Å². The van der Waals surface area contributed by atoms with E-state index in [-0.39, 0.29) is 6.61 Å². The van der Waals surface area contributed by atoms with E-state index in [1.807, 2.05) is 0 Å². The van der Waals surface area contributed by atoms with Crippen LogP contribution in [-0.2, 0) is 14.1 Å². The molecule has 7 heteroatoms. The van der Waals surface area contributed by atoms with E-state index in [2.05, 4.69) is 16.5 Å². The van der Waals surface area contributed by atoms with Crippen LogP contribution in [0.1, 0.15) is 32.6 Å². The van der Waals surface area contributed by atoms with Crippen LogP contribution >= 0.6 is 19.6 Å². The molecule has 0 aliphatic heterocycles. The van der Waals surface area contributed by atoms with Gasteiger partial charge in [-0.1, -0.05) is 26.2 Å². The Kier molecular flexibility index (Phi) is 9.90. The average Bonchev–Trinajstić information content (AvgIpc) is 2.14. The molecule has 0 aliphatic rings. The van der Waals surface area contributed by atoms with E-state index in [1.165, 1.54) is 25.7 Å². The summed E-state index contributed by atoms with van der Waals surface area (Å²) in [4.78, 5) is 20.9. The molecule has 0 aromatic heterocycles. The first-order chi connectivity index (χ1) is 7.06. The molecule has 0 atom stereocenters. The molecule has 2 N–H and O–H groups in total. The highest BCUT2D eigenvalue weighted by atomic mass is 32.2. The molecule has 5 nitrogen and oxygen atoms in total. The Morgan fingerprint density at radius 2 is 1.93 bits per heavy atom. The predicted molar refractivity (Wildman–Crippen MR) is 60.5 cm³/mol. The Morgan fingerprint density at radius 1 is 1.20 bits per heavy atom. The number of thioether (sulfide) groups is 1. The SMILES string of the molecule is CCCCCCSCCOOP(=O)(O)O. The molecule has 0 aromatic carbocycles. The Labute approximate surface area is 94.7 Å². The Balaban J connectivity index is 3.02. The zero-order valence-electron chi connectivity index (χ0n) is 8.92. The maximum Gasteiger partial charge on any atom is 0.496 e. The zero-order chi connectivity index (χ0) is 11.6. The zero-order valence-corrected chi connectivity index (χ0v) is 10.6. The molecular formula is C8H19O5PS. The summed E-state index contributed by atoms with van der Waals surface area (Å²) in [5.41, 5.74) is 0. The maximum absolute atomic E-state index is 10.2. The summed E-state index contributed by atoms with van der Waals surface area (Å²) < 4.78 is 14.0. The Hall–Kier alpha value is 0.420. The van der Waals surface area contributed by atoms with Crippen molar-refractivity contribution in [1.82, 2.24) is 0 Å². The molecule has 0 heterocycles. The van der Waals surface area contributed by atoms with Crippen LogP contribution in [0.5, 0.6) is 0 Å². The van der Waals surface area contributed by atoms with E-state index in [0.29, 0.717) is 5.75 Å². The number of rotatable bonds is 10. The second-order valence-electron chi connectivity index (χ2n) is 3.06. The lowest BCUT2D eigenvalue weighted by atomic mass is 10.2. The van der Waals surface area contributed by atoms with Crippen LogP contribution in [0.4, 0.5) is 0 Å². The van der Waals surface area contributed by atoms with E-state index >= 15 is 0 Å². The van der Waals surface area contributed by atoms with Crippen molar-refractivity contribution in [3.63, 3.8) is 0 Å². The second-order valence-corrected chi connectivity index (χ2v) is 5.42. The largest absolute Gasteiger partial charge is 0.496 e. The molecule has 15 heavy (non-hydrogen) atoms. The lowest BCUT2D eigenvalue weighted by Crippen LogP contribution is -1.98. The Bertz CT molecular complexity index is 184. The van der Waals surface area contributed by atoms with Crippen molar-refractivity contribution in [3.05, 3.63) is 0 Å². The first-order valence-electron chi connectivity index (χ1n) is 5.00. The van der Waals surface area contributed by atoms with Crippen LogP contribution in [0.25, 0.3) is 0 Å². The first-order valence-corrected chi connectivity index (χ1v) is 7.69. The van der Waals surface area contributed by atoms with E-state index in [1.54, 1.807) is 11.8 Å². The van der Waals surface area contributed by atoms with Crippen LogP contribution in [0.3, 0.4) is 0 Å². The van der Waals surface area contributed by atoms with E-state index in [9.17, 15) is 4.57 Å². The third-order valence-corrected chi connectivity index (χ3v) is 2.94. The highest BCUT2D eigenvalue weighted by Crippen LogP contribution is 2.35. The van der Waals surface area contributed by atoms with Crippen molar-refractivity contribution in [2.45, 2.75) is 32.6 Å². The van der Waals surface area contributed by atoms with Crippen molar-refractivity contribution in [2.75, 3.05) is 18.1 Å². The third-order valence-electron chi connectivity index (χ3n) is 1.60. The van der Waals surface area contributed by atoms with Gasteiger partial charge in [-0.3, -0.25) is 0 Å². The molecule has 0 rings (SSSR count). The number of phosphoric acid groups is 1. The minimum absolute atomic E-state index is 0.198. The van der Waals surface area contributed by atoms with Crippen molar-refractivity contribution < 1.29 is 23.9 Å². The molecule has 92 valence electrons. The summed E-state index contributed by atoms with van der Waals surface area (Å²) in [6.45, 7) is 2.37. The average molecular weight is 258 g/mol. The number of unbranched alkanes of at least 4 members (excludes halogenated alkanes) is 3. The number of hydrogen-bond acceptors (Lipinski definition) is 4.